The summed E-state index contributed by atoms with van der Waals surface area (Å²) in [5.41, 5.74) is 4.37. The van der Waals surface area contributed by atoms with Crippen molar-refractivity contribution in [3.8, 4) is 16.9 Å². The van der Waals surface area contributed by atoms with E-state index in [-0.39, 0.29) is 6.04 Å². The second-order valence-electron chi connectivity index (χ2n) is 11.2. The number of hydrogen-bond acceptors (Lipinski definition) is 7. The van der Waals surface area contributed by atoms with E-state index in [4.69, 9.17) is 4.74 Å². The van der Waals surface area contributed by atoms with E-state index in [1.54, 1.807) is 12.1 Å². The van der Waals surface area contributed by atoms with E-state index < -0.39 is 17.5 Å². The Morgan fingerprint density at radius 2 is 1.83 bits per heavy atom. The van der Waals surface area contributed by atoms with Crippen LogP contribution in [0.3, 0.4) is 0 Å². The van der Waals surface area contributed by atoms with Crippen LogP contribution in [0.25, 0.3) is 11.1 Å². The number of ketones is 1. The van der Waals surface area contributed by atoms with Gasteiger partial charge in [-0.05, 0) is 36.6 Å². The second kappa shape index (κ2) is 11.3. The maximum Gasteiger partial charge on any atom is 0.298 e. The number of carbonyl (C=O) groups excluding carboxylic acids is 2. The lowest BCUT2D eigenvalue weighted by Gasteiger charge is -2.45. The number of benzene rings is 2. The molecule has 2 aromatic heterocycles. The Hall–Kier alpha value is -4.73. The van der Waals surface area contributed by atoms with Crippen LogP contribution in [-0.2, 0) is 11.3 Å². The Labute approximate surface area is 244 Å². The number of amides is 1. The molecule has 4 heterocycles. The number of piperazine rings is 1. The van der Waals surface area contributed by atoms with E-state index in [9.17, 15) is 14.0 Å². The lowest BCUT2D eigenvalue weighted by atomic mass is 10.0. The molecule has 1 fully saturated rings. The number of aromatic nitrogens is 3. The Morgan fingerprint density at radius 1 is 1.07 bits per heavy atom. The summed E-state index contributed by atoms with van der Waals surface area (Å²) in [6.07, 6.45) is 2.35. The Kier molecular flexibility index (Phi) is 7.36. The minimum absolute atomic E-state index is 0.0651. The normalized spacial score (nSPS) is 16.1. The first-order chi connectivity index (χ1) is 20.3. The molecule has 42 heavy (non-hydrogen) atoms. The van der Waals surface area contributed by atoms with Crippen LogP contribution >= 0.6 is 0 Å². The number of halogens is 1. The highest BCUT2D eigenvalue weighted by molar-refractivity contribution is 6.47. The van der Waals surface area contributed by atoms with Gasteiger partial charge in [0.1, 0.15) is 18.1 Å². The zero-order valence-corrected chi connectivity index (χ0v) is 23.9. The number of fused-ring (bicyclic) bond motifs is 3. The van der Waals surface area contributed by atoms with Crippen LogP contribution < -0.4 is 19.9 Å². The van der Waals surface area contributed by atoms with E-state index in [1.807, 2.05) is 58.9 Å². The summed E-state index contributed by atoms with van der Waals surface area (Å²) < 4.78 is 21.3. The van der Waals surface area contributed by atoms with E-state index in [1.165, 1.54) is 12.4 Å². The molecule has 1 saturated heterocycles. The quantitative estimate of drug-likeness (QED) is 0.249. The van der Waals surface area contributed by atoms with Crippen LogP contribution in [0.1, 0.15) is 30.0 Å². The summed E-state index contributed by atoms with van der Waals surface area (Å²) in [5, 5.41) is 2.81. The van der Waals surface area contributed by atoms with Gasteiger partial charge in [-0.3, -0.25) is 9.59 Å². The van der Waals surface area contributed by atoms with Crippen molar-refractivity contribution in [1.29, 1.82) is 0 Å². The monoisotopic (exact) mass is 568 g/mol. The highest BCUT2D eigenvalue weighted by Gasteiger charge is 2.34. The third-order valence-electron chi connectivity index (χ3n) is 7.69. The summed E-state index contributed by atoms with van der Waals surface area (Å²) in [6, 6.07) is 17.2. The minimum atomic E-state index is -0.697. The molecule has 2 aromatic carbocycles. The minimum Gasteiger partial charge on any atom is -0.489 e. The average molecular weight is 569 g/mol. The number of carbonyl (C=O) groups is 2. The smallest absolute Gasteiger partial charge is 0.298 e. The second-order valence-corrected chi connectivity index (χ2v) is 11.2. The van der Waals surface area contributed by atoms with Crippen LogP contribution in [-0.4, -0.2) is 58.5 Å². The molecule has 2 aliphatic heterocycles. The van der Waals surface area contributed by atoms with E-state index in [0.29, 0.717) is 61.8 Å². The van der Waals surface area contributed by atoms with Crippen molar-refractivity contribution in [3.05, 3.63) is 84.2 Å². The predicted molar refractivity (Wildman–Crippen MR) is 160 cm³/mol. The van der Waals surface area contributed by atoms with Crippen LogP contribution in [0.5, 0.6) is 5.75 Å². The molecule has 1 N–H and O–H groups in total. The van der Waals surface area contributed by atoms with E-state index in [2.05, 4.69) is 34.0 Å². The van der Waals surface area contributed by atoms with Gasteiger partial charge in [0, 0.05) is 49.2 Å². The van der Waals surface area contributed by atoms with Gasteiger partial charge in [-0.15, -0.1) is 0 Å². The van der Waals surface area contributed by atoms with Crippen molar-refractivity contribution >= 4 is 29.0 Å². The van der Waals surface area contributed by atoms with E-state index >= 15 is 0 Å². The van der Waals surface area contributed by atoms with Gasteiger partial charge < -0.3 is 24.4 Å². The number of ether oxygens (including phenoxy) is 1. The number of anilines is 3. The lowest BCUT2D eigenvalue weighted by molar-refractivity contribution is -0.112. The number of nitrogens with zero attached hydrogens (tertiary/aromatic N) is 5. The molecule has 1 amide bonds. The molecule has 216 valence electrons. The molecule has 6 rings (SSSR count). The molecule has 9 nitrogen and oxygen atoms in total. The van der Waals surface area contributed by atoms with Gasteiger partial charge in [0.2, 0.25) is 5.95 Å². The molecule has 0 radical (unpaired) electrons. The summed E-state index contributed by atoms with van der Waals surface area (Å²) in [4.78, 5) is 39.6. The number of aryl methyl sites for hydroxylation is 1. The van der Waals surface area contributed by atoms with Crippen LogP contribution in [0.15, 0.2) is 67.0 Å². The Balaban J connectivity index is 1.20. The van der Waals surface area contributed by atoms with Gasteiger partial charge in [-0.2, -0.15) is 0 Å². The maximum absolute atomic E-state index is 13.7. The first-order valence-corrected chi connectivity index (χ1v) is 14.2. The summed E-state index contributed by atoms with van der Waals surface area (Å²) in [5.74, 6) is -0.312. The largest absolute Gasteiger partial charge is 0.489 e. The molecule has 0 aliphatic carbocycles. The Morgan fingerprint density at radius 3 is 2.57 bits per heavy atom. The van der Waals surface area contributed by atoms with Gasteiger partial charge in [-0.25, -0.2) is 14.4 Å². The van der Waals surface area contributed by atoms with Gasteiger partial charge in [0.05, 0.1) is 24.1 Å². The van der Waals surface area contributed by atoms with Crippen molar-refractivity contribution in [2.24, 2.45) is 5.92 Å². The third kappa shape index (κ3) is 5.32. The van der Waals surface area contributed by atoms with Gasteiger partial charge >= 0.3 is 0 Å². The standard InChI is InChI=1S/C32H33FN6O3/c1-20(2)17-39-21(3)13-26(22-7-5-4-6-8-22)29(39)30(40)31(41)36-24-9-10-27-28(14-24)42-19-25-18-37(11-12-38(25)27)32-34-15-23(33)16-35-32/h4-10,13-16,20,25H,11-12,17-19H2,1-3H3,(H,36,41). The third-order valence-corrected chi connectivity index (χ3v) is 7.69. The highest BCUT2D eigenvalue weighted by Crippen LogP contribution is 2.38. The lowest BCUT2D eigenvalue weighted by Crippen LogP contribution is -2.57. The first kappa shape index (κ1) is 27.4. The Bertz CT molecular complexity index is 1620. The molecule has 1 unspecified atom stereocenters. The molecule has 10 heteroatoms. The SMILES string of the molecule is Cc1cc(-c2ccccc2)c(C(=O)C(=O)Nc2ccc3c(c2)OCC2CN(c4ncc(F)cn4)CCN32)n1CC(C)C. The summed E-state index contributed by atoms with van der Waals surface area (Å²) >= 11 is 0. The van der Waals surface area contributed by atoms with Gasteiger partial charge in [0.25, 0.3) is 11.7 Å². The molecular weight excluding hydrogens is 535 g/mol. The maximum atomic E-state index is 13.7. The summed E-state index contributed by atoms with van der Waals surface area (Å²) in [6.45, 7) is 9.22. The van der Waals surface area contributed by atoms with Gasteiger partial charge in [-0.1, -0.05) is 44.2 Å². The highest BCUT2D eigenvalue weighted by atomic mass is 19.1. The van der Waals surface area contributed by atoms with Gasteiger partial charge in [0.15, 0.2) is 5.82 Å². The van der Waals surface area contributed by atoms with Crippen molar-refractivity contribution < 1.29 is 18.7 Å². The first-order valence-electron chi connectivity index (χ1n) is 14.2. The van der Waals surface area contributed by atoms with E-state index in [0.717, 1.165) is 22.5 Å². The summed E-state index contributed by atoms with van der Waals surface area (Å²) in [7, 11) is 0. The van der Waals surface area contributed by atoms with Crippen molar-refractivity contribution in [3.63, 3.8) is 0 Å². The average Bonchev–Trinajstić information content (AvgIpc) is 3.31. The van der Waals surface area contributed by atoms with Crippen molar-refractivity contribution in [2.75, 3.05) is 41.4 Å². The van der Waals surface area contributed by atoms with Crippen molar-refractivity contribution in [1.82, 2.24) is 14.5 Å². The topological polar surface area (TPSA) is 92.6 Å². The molecule has 1 atom stereocenters. The van der Waals surface area contributed by atoms with Crippen molar-refractivity contribution in [2.45, 2.75) is 33.4 Å². The number of Topliss-reactive ketones (excluding diaryl/α,β-unsaturated/α-hetero) is 1. The number of hydrogen-bond donors (Lipinski definition) is 1. The molecule has 0 bridgehead atoms. The number of rotatable bonds is 7. The molecular formula is C32H33FN6O3. The van der Waals surface area contributed by atoms with Crippen LogP contribution in [0.4, 0.5) is 21.7 Å². The molecule has 2 aliphatic rings. The number of nitrogens with one attached hydrogen (secondary N) is 1. The molecule has 4 aromatic rings. The fraction of sp³-hybridized carbons (Fsp3) is 0.312. The van der Waals surface area contributed by atoms with Crippen LogP contribution in [0.2, 0.25) is 0 Å². The fourth-order valence-electron chi connectivity index (χ4n) is 5.75. The zero-order chi connectivity index (χ0) is 29.4. The van der Waals surface area contributed by atoms with Crippen LogP contribution in [0, 0.1) is 18.7 Å². The predicted octanol–water partition coefficient (Wildman–Crippen LogP) is 4.96. The molecule has 0 saturated carbocycles. The molecule has 0 spiro atoms. The fourth-order valence-corrected chi connectivity index (χ4v) is 5.75. The zero-order valence-electron chi connectivity index (χ0n) is 23.9.